The molecule has 0 bridgehead atoms. The third-order valence-corrected chi connectivity index (χ3v) is 3.55. The van der Waals surface area contributed by atoms with Gasteiger partial charge in [-0.15, -0.1) is 0 Å². The van der Waals surface area contributed by atoms with Crippen molar-refractivity contribution in [2.75, 3.05) is 17.7 Å². The monoisotopic (exact) mass is 318 g/mol. The summed E-state index contributed by atoms with van der Waals surface area (Å²) in [4.78, 5) is 12.2. The lowest BCUT2D eigenvalue weighted by Crippen LogP contribution is -2.32. The Hall–Kier alpha value is -2.20. The Morgan fingerprint density at radius 2 is 1.86 bits per heavy atom. The first kappa shape index (κ1) is 16.2. The molecular formula is C17H19ClN2O2. The van der Waals surface area contributed by atoms with Gasteiger partial charge in [-0.05, 0) is 61.9 Å². The first-order valence-electron chi connectivity index (χ1n) is 6.97. The molecule has 2 N–H and O–H groups in total. The summed E-state index contributed by atoms with van der Waals surface area (Å²) in [5, 5.41) is 6.72. The van der Waals surface area contributed by atoms with Crippen LogP contribution in [-0.2, 0) is 4.79 Å². The van der Waals surface area contributed by atoms with Gasteiger partial charge in [-0.3, -0.25) is 4.79 Å². The molecule has 4 nitrogen and oxygen atoms in total. The van der Waals surface area contributed by atoms with E-state index in [1.54, 1.807) is 37.4 Å². The van der Waals surface area contributed by atoms with Gasteiger partial charge in [0.1, 0.15) is 11.8 Å². The van der Waals surface area contributed by atoms with Crippen LogP contribution in [0.4, 0.5) is 11.4 Å². The van der Waals surface area contributed by atoms with Gasteiger partial charge in [0.15, 0.2) is 0 Å². The zero-order valence-corrected chi connectivity index (χ0v) is 13.6. The average Bonchev–Trinajstić information content (AvgIpc) is 2.50. The van der Waals surface area contributed by atoms with Crippen molar-refractivity contribution in [1.29, 1.82) is 0 Å². The highest BCUT2D eigenvalue weighted by Crippen LogP contribution is 2.21. The maximum absolute atomic E-state index is 12.2. The van der Waals surface area contributed by atoms with E-state index < -0.39 is 0 Å². The summed E-state index contributed by atoms with van der Waals surface area (Å²) in [7, 11) is 1.61. The normalized spacial score (nSPS) is 11.6. The van der Waals surface area contributed by atoms with Gasteiger partial charge < -0.3 is 15.4 Å². The van der Waals surface area contributed by atoms with Gasteiger partial charge in [-0.1, -0.05) is 11.6 Å². The second-order valence-corrected chi connectivity index (χ2v) is 5.48. The standard InChI is InChI=1S/C17H19ClN2O2/c1-11-10-13(18)4-9-16(11)19-12(2)17(21)20-14-5-7-15(22-3)8-6-14/h4-10,12,19H,1-3H3,(H,20,21)/t12-/m0/s1. The van der Waals surface area contributed by atoms with Crippen LogP contribution in [0.15, 0.2) is 42.5 Å². The molecule has 0 saturated heterocycles. The number of carbonyl (C=O) groups excluding carboxylic acids is 1. The van der Waals surface area contributed by atoms with Crippen molar-refractivity contribution in [2.24, 2.45) is 0 Å². The molecule has 116 valence electrons. The highest BCUT2D eigenvalue weighted by Gasteiger charge is 2.13. The Kier molecular flexibility index (Phi) is 5.28. The molecule has 0 fully saturated rings. The zero-order valence-electron chi connectivity index (χ0n) is 12.8. The lowest BCUT2D eigenvalue weighted by Gasteiger charge is -2.17. The van der Waals surface area contributed by atoms with Crippen molar-refractivity contribution >= 4 is 28.9 Å². The maximum atomic E-state index is 12.2. The van der Waals surface area contributed by atoms with Crippen molar-refractivity contribution in [2.45, 2.75) is 19.9 Å². The van der Waals surface area contributed by atoms with Crippen LogP contribution in [0.1, 0.15) is 12.5 Å². The van der Waals surface area contributed by atoms with Gasteiger partial charge in [0.05, 0.1) is 7.11 Å². The van der Waals surface area contributed by atoms with Gasteiger partial charge >= 0.3 is 0 Å². The molecule has 5 heteroatoms. The summed E-state index contributed by atoms with van der Waals surface area (Å²) < 4.78 is 5.09. The lowest BCUT2D eigenvalue weighted by atomic mass is 10.1. The number of nitrogens with one attached hydrogen (secondary N) is 2. The predicted octanol–water partition coefficient (Wildman–Crippen LogP) is 4.10. The molecule has 0 heterocycles. The van der Waals surface area contributed by atoms with E-state index in [0.717, 1.165) is 22.7 Å². The van der Waals surface area contributed by atoms with E-state index in [-0.39, 0.29) is 11.9 Å². The average molecular weight is 319 g/mol. The van der Waals surface area contributed by atoms with Crippen LogP contribution in [0.3, 0.4) is 0 Å². The number of amides is 1. The summed E-state index contributed by atoms with van der Waals surface area (Å²) >= 11 is 5.93. The van der Waals surface area contributed by atoms with Gasteiger partial charge in [-0.2, -0.15) is 0 Å². The molecule has 0 spiro atoms. The largest absolute Gasteiger partial charge is 0.497 e. The smallest absolute Gasteiger partial charge is 0.246 e. The number of hydrogen-bond donors (Lipinski definition) is 2. The maximum Gasteiger partial charge on any atom is 0.246 e. The first-order valence-corrected chi connectivity index (χ1v) is 7.35. The van der Waals surface area contributed by atoms with E-state index in [9.17, 15) is 4.79 Å². The van der Waals surface area contributed by atoms with Crippen LogP contribution in [-0.4, -0.2) is 19.1 Å². The Morgan fingerprint density at radius 3 is 2.45 bits per heavy atom. The van der Waals surface area contributed by atoms with Crippen LogP contribution in [0.2, 0.25) is 5.02 Å². The third kappa shape index (κ3) is 4.15. The van der Waals surface area contributed by atoms with Crippen LogP contribution >= 0.6 is 11.6 Å². The summed E-state index contributed by atoms with van der Waals surface area (Å²) in [5.41, 5.74) is 2.62. The molecule has 2 aromatic carbocycles. The van der Waals surface area contributed by atoms with E-state index in [0.29, 0.717) is 5.02 Å². The van der Waals surface area contributed by atoms with E-state index in [2.05, 4.69) is 10.6 Å². The van der Waals surface area contributed by atoms with E-state index in [4.69, 9.17) is 16.3 Å². The molecular weight excluding hydrogens is 300 g/mol. The molecule has 1 amide bonds. The fourth-order valence-corrected chi connectivity index (χ4v) is 2.24. The number of benzene rings is 2. The quantitative estimate of drug-likeness (QED) is 0.872. The molecule has 0 saturated carbocycles. The Balaban J connectivity index is 1.99. The number of anilines is 2. The first-order chi connectivity index (χ1) is 10.5. The van der Waals surface area contributed by atoms with Crippen molar-refractivity contribution in [3.05, 3.63) is 53.1 Å². The van der Waals surface area contributed by atoms with E-state index in [1.807, 2.05) is 26.0 Å². The molecule has 0 aliphatic heterocycles. The fraction of sp³-hybridized carbons (Fsp3) is 0.235. The van der Waals surface area contributed by atoms with Crippen molar-refractivity contribution in [3.8, 4) is 5.75 Å². The molecule has 22 heavy (non-hydrogen) atoms. The van der Waals surface area contributed by atoms with Crippen molar-refractivity contribution in [3.63, 3.8) is 0 Å². The van der Waals surface area contributed by atoms with E-state index >= 15 is 0 Å². The summed E-state index contributed by atoms with van der Waals surface area (Å²) in [5.74, 6) is 0.639. The molecule has 0 aliphatic carbocycles. The van der Waals surface area contributed by atoms with Crippen LogP contribution in [0.5, 0.6) is 5.75 Å². The number of hydrogen-bond acceptors (Lipinski definition) is 3. The number of aryl methyl sites for hydroxylation is 1. The van der Waals surface area contributed by atoms with Crippen molar-refractivity contribution in [1.82, 2.24) is 0 Å². The molecule has 0 aliphatic rings. The van der Waals surface area contributed by atoms with Gasteiger partial charge in [0.2, 0.25) is 5.91 Å². The molecule has 2 rings (SSSR count). The number of rotatable bonds is 5. The Bertz CT molecular complexity index is 656. The SMILES string of the molecule is COc1ccc(NC(=O)[C@H](C)Nc2ccc(Cl)cc2C)cc1. The molecule has 0 aromatic heterocycles. The summed E-state index contributed by atoms with van der Waals surface area (Å²) in [6.07, 6.45) is 0. The van der Waals surface area contributed by atoms with Crippen LogP contribution in [0, 0.1) is 6.92 Å². The number of ether oxygens (including phenoxy) is 1. The topological polar surface area (TPSA) is 50.4 Å². The van der Waals surface area contributed by atoms with Crippen LogP contribution < -0.4 is 15.4 Å². The van der Waals surface area contributed by atoms with Gasteiger partial charge in [0.25, 0.3) is 0 Å². The van der Waals surface area contributed by atoms with E-state index in [1.165, 1.54) is 0 Å². The second-order valence-electron chi connectivity index (χ2n) is 5.04. The van der Waals surface area contributed by atoms with Crippen molar-refractivity contribution < 1.29 is 9.53 Å². The second kappa shape index (κ2) is 7.18. The molecule has 0 unspecified atom stereocenters. The van der Waals surface area contributed by atoms with Gasteiger partial charge in [0, 0.05) is 16.4 Å². The minimum absolute atomic E-state index is 0.112. The lowest BCUT2D eigenvalue weighted by molar-refractivity contribution is -0.116. The fourth-order valence-electron chi connectivity index (χ4n) is 2.01. The number of carbonyl (C=O) groups is 1. The zero-order chi connectivity index (χ0) is 16.1. The Morgan fingerprint density at radius 1 is 1.18 bits per heavy atom. The summed E-state index contributed by atoms with van der Waals surface area (Å²) in [6, 6.07) is 12.4. The highest BCUT2D eigenvalue weighted by atomic mass is 35.5. The minimum atomic E-state index is -0.373. The molecule has 2 aromatic rings. The molecule has 1 atom stereocenters. The van der Waals surface area contributed by atoms with Crippen LogP contribution in [0.25, 0.3) is 0 Å². The Labute approximate surface area is 135 Å². The molecule has 0 radical (unpaired) electrons. The van der Waals surface area contributed by atoms with Gasteiger partial charge in [-0.25, -0.2) is 0 Å². The third-order valence-electron chi connectivity index (χ3n) is 3.31. The predicted molar refractivity (Wildman–Crippen MR) is 90.9 cm³/mol. The number of halogens is 1. The summed E-state index contributed by atoms with van der Waals surface area (Å²) in [6.45, 7) is 3.76. The highest BCUT2D eigenvalue weighted by molar-refractivity contribution is 6.30. The number of methoxy groups -OCH3 is 1. The minimum Gasteiger partial charge on any atom is -0.497 e.